The number of nitrogens with zero attached hydrogens (tertiary/aromatic N) is 9. The molecule has 0 atom stereocenters. The molecular formula is C38H30N10O11S3. The number of carbonyl (C=O) groups excluding carboxylic acids is 1. The summed E-state index contributed by atoms with van der Waals surface area (Å²) >= 11 is 0. The SMILES string of the molecule is Cc1cc(N=Nc2c(S(=O)(=O)O)cc3cc(NC=O)ccc3c2O)c(C)cc1N=Nc1ccc(N=Nc2cc3nn(-c4ccc(S(=O)(=O)O)cc4)nc3cc2S(=O)(=O)O)c(C)c1. The zero-order chi connectivity index (χ0) is 44.7. The summed E-state index contributed by atoms with van der Waals surface area (Å²) < 4.78 is 101. The molecular weight excluding hydrogens is 869 g/mol. The van der Waals surface area contributed by atoms with Crippen LogP contribution in [0.2, 0.25) is 0 Å². The van der Waals surface area contributed by atoms with Crippen LogP contribution in [0.25, 0.3) is 27.5 Å². The number of fused-ring (bicyclic) bond motifs is 2. The van der Waals surface area contributed by atoms with Crippen molar-refractivity contribution in [2.24, 2.45) is 30.7 Å². The number of benzene rings is 6. The van der Waals surface area contributed by atoms with Crippen molar-refractivity contribution in [1.82, 2.24) is 15.0 Å². The number of hydrogen-bond donors (Lipinski definition) is 5. The van der Waals surface area contributed by atoms with Gasteiger partial charge in [-0.25, -0.2) is 0 Å². The second kappa shape index (κ2) is 16.3. The van der Waals surface area contributed by atoms with E-state index < -0.39 is 51.6 Å². The van der Waals surface area contributed by atoms with E-state index in [1.807, 2.05) is 0 Å². The van der Waals surface area contributed by atoms with E-state index in [4.69, 9.17) is 0 Å². The van der Waals surface area contributed by atoms with Gasteiger partial charge in [-0.15, -0.1) is 20.4 Å². The highest BCUT2D eigenvalue weighted by Crippen LogP contribution is 2.43. The first-order valence-electron chi connectivity index (χ1n) is 17.6. The van der Waals surface area contributed by atoms with Crippen LogP contribution in [0.5, 0.6) is 5.75 Å². The van der Waals surface area contributed by atoms with E-state index in [1.165, 1.54) is 36.4 Å². The number of phenolic OH excluding ortho intramolecular Hbond substituents is 1. The molecule has 0 aliphatic carbocycles. The van der Waals surface area contributed by atoms with Gasteiger partial charge in [-0.1, -0.05) is 0 Å². The first-order valence-corrected chi connectivity index (χ1v) is 21.9. The lowest BCUT2D eigenvalue weighted by molar-refractivity contribution is -0.105. The molecule has 1 amide bonds. The number of hydrogen-bond acceptors (Lipinski definition) is 16. The van der Waals surface area contributed by atoms with Gasteiger partial charge in [0.05, 0.1) is 33.3 Å². The Balaban J connectivity index is 1.12. The third-order valence-electron chi connectivity index (χ3n) is 9.15. The first kappa shape index (κ1) is 42.9. The van der Waals surface area contributed by atoms with Crippen molar-refractivity contribution in [1.29, 1.82) is 0 Å². The van der Waals surface area contributed by atoms with Crippen molar-refractivity contribution in [3.63, 3.8) is 0 Å². The summed E-state index contributed by atoms with van der Waals surface area (Å²) in [6.07, 6.45) is 0.431. The fourth-order valence-corrected chi connectivity index (χ4v) is 7.79. The van der Waals surface area contributed by atoms with E-state index in [-0.39, 0.29) is 38.1 Å². The van der Waals surface area contributed by atoms with Gasteiger partial charge >= 0.3 is 0 Å². The lowest BCUT2D eigenvalue weighted by atomic mass is 10.1. The van der Waals surface area contributed by atoms with Crippen LogP contribution in [0, 0.1) is 20.8 Å². The summed E-state index contributed by atoms with van der Waals surface area (Å²) in [5.41, 5.74) is 3.32. The molecule has 62 heavy (non-hydrogen) atoms. The fourth-order valence-electron chi connectivity index (χ4n) is 6.03. The monoisotopic (exact) mass is 898 g/mol. The number of carbonyl (C=O) groups is 1. The molecule has 7 aromatic rings. The molecule has 6 aromatic carbocycles. The van der Waals surface area contributed by atoms with Crippen molar-refractivity contribution in [2.75, 3.05) is 5.32 Å². The Hall–Kier alpha value is -7.22. The first-order chi connectivity index (χ1) is 29.2. The van der Waals surface area contributed by atoms with E-state index in [2.05, 4.69) is 46.2 Å². The number of anilines is 1. The van der Waals surface area contributed by atoms with Gasteiger partial charge in [0.15, 0.2) is 5.75 Å². The average Bonchev–Trinajstić information content (AvgIpc) is 3.62. The van der Waals surface area contributed by atoms with E-state index >= 15 is 0 Å². The molecule has 0 aliphatic rings. The minimum absolute atomic E-state index is 0.0621. The van der Waals surface area contributed by atoms with Crippen molar-refractivity contribution in [3.8, 4) is 11.4 Å². The lowest BCUT2D eigenvalue weighted by Crippen LogP contribution is -2.01. The maximum atomic E-state index is 12.3. The number of rotatable bonds is 12. The topological polar surface area (TPSA) is 317 Å². The molecule has 0 spiro atoms. The summed E-state index contributed by atoms with van der Waals surface area (Å²) in [6, 6.07) is 20.8. The highest BCUT2D eigenvalue weighted by atomic mass is 32.2. The second-order valence-corrected chi connectivity index (χ2v) is 17.7. The molecule has 0 bridgehead atoms. The number of nitrogens with one attached hydrogen (secondary N) is 1. The van der Waals surface area contributed by atoms with Gasteiger partial charge in [-0.3, -0.25) is 18.5 Å². The molecule has 5 N–H and O–H groups in total. The van der Waals surface area contributed by atoms with Gasteiger partial charge in [0.2, 0.25) is 6.41 Å². The molecule has 0 unspecified atom stereocenters. The van der Waals surface area contributed by atoms with E-state index in [9.17, 15) is 48.8 Å². The lowest BCUT2D eigenvalue weighted by Gasteiger charge is -2.10. The molecule has 316 valence electrons. The van der Waals surface area contributed by atoms with Crippen LogP contribution < -0.4 is 5.32 Å². The third-order valence-corrected chi connectivity index (χ3v) is 11.8. The Morgan fingerprint density at radius 3 is 1.76 bits per heavy atom. The number of aromatic hydroxyl groups is 1. The normalized spacial score (nSPS) is 12.7. The zero-order valence-corrected chi connectivity index (χ0v) is 34.6. The maximum Gasteiger partial charge on any atom is 0.296 e. The second-order valence-electron chi connectivity index (χ2n) is 13.5. The van der Waals surface area contributed by atoms with E-state index in [1.54, 1.807) is 51.1 Å². The average molecular weight is 899 g/mol. The van der Waals surface area contributed by atoms with Crippen LogP contribution in [0.1, 0.15) is 16.7 Å². The molecule has 0 saturated carbocycles. The number of phenols is 1. The summed E-state index contributed by atoms with van der Waals surface area (Å²) in [6.45, 7) is 5.13. The van der Waals surface area contributed by atoms with Gasteiger partial charge in [-0.2, -0.15) is 50.5 Å². The number of azo groups is 3. The van der Waals surface area contributed by atoms with Crippen molar-refractivity contribution >= 4 is 98.4 Å². The predicted octanol–water partition coefficient (Wildman–Crippen LogP) is 8.76. The highest BCUT2D eigenvalue weighted by Gasteiger charge is 2.23. The highest BCUT2D eigenvalue weighted by molar-refractivity contribution is 7.86. The Bertz CT molecular complexity index is 3430. The van der Waals surface area contributed by atoms with Crippen molar-refractivity contribution < 1.29 is 48.8 Å². The molecule has 21 nitrogen and oxygen atoms in total. The molecule has 0 saturated heterocycles. The van der Waals surface area contributed by atoms with Crippen LogP contribution in [0.15, 0.2) is 136 Å². The van der Waals surface area contributed by atoms with Crippen LogP contribution >= 0.6 is 0 Å². The predicted molar refractivity (Wildman–Crippen MR) is 223 cm³/mol. The molecule has 7 rings (SSSR count). The number of aryl methyl sites for hydroxylation is 3. The molecule has 0 radical (unpaired) electrons. The summed E-state index contributed by atoms with van der Waals surface area (Å²) in [5.74, 6) is -0.558. The number of amides is 1. The fraction of sp³-hybridized carbons (Fsp3) is 0.0789. The van der Waals surface area contributed by atoms with Crippen LogP contribution in [0.3, 0.4) is 0 Å². The van der Waals surface area contributed by atoms with Crippen molar-refractivity contribution in [2.45, 2.75) is 35.5 Å². The van der Waals surface area contributed by atoms with E-state index in [0.29, 0.717) is 51.5 Å². The Morgan fingerprint density at radius 1 is 0.581 bits per heavy atom. The van der Waals surface area contributed by atoms with Gasteiger partial charge in [-0.05, 0) is 134 Å². The third kappa shape index (κ3) is 9.09. The van der Waals surface area contributed by atoms with Crippen LogP contribution in [0.4, 0.5) is 39.8 Å². The van der Waals surface area contributed by atoms with Gasteiger partial charge in [0.25, 0.3) is 30.4 Å². The molecule has 0 aliphatic heterocycles. The minimum atomic E-state index is -4.88. The zero-order valence-electron chi connectivity index (χ0n) is 32.1. The van der Waals surface area contributed by atoms with Crippen molar-refractivity contribution in [3.05, 3.63) is 108 Å². The molecule has 1 aromatic heterocycles. The van der Waals surface area contributed by atoms with E-state index in [0.717, 1.165) is 29.1 Å². The maximum absolute atomic E-state index is 12.3. The molecule has 24 heteroatoms. The molecule has 1 heterocycles. The van der Waals surface area contributed by atoms with Crippen LogP contribution in [-0.2, 0) is 35.1 Å². The number of aromatic nitrogens is 3. The summed E-state index contributed by atoms with van der Waals surface area (Å²) in [7, 11) is -14.1. The van der Waals surface area contributed by atoms with Gasteiger partial charge < -0.3 is 10.4 Å². The minimum Gasteiger partial charge on any atom is -0.505 e. The Labute approximate surface area is 351 Å². The largest absolute Gasteiger partial charge is 0.505 e. The quantitative estimate of drug-likeness (QED) is 0.0435. The Kier molecular flexibility index (Phi) is 11.3. The standard InChI is InChI=1S/C38H30N10O11S3/c1-20-12-25(5-11-29(20)41-44-34-17-32-33(18-35(34)61(54,55)56)47-48(46-32)26-6-8-27(9-7-26)60(51,52)53)40-42-30-13-22(3)31(14-21(30)2)43-45-37-36(62(57,58)59)16-23-15-24(39-19-49)4-10-28(23)38(37)50/h4-19,50H,1-3H3,(H,39,49)(H,51,52,53)(H,54,55,56)(H,57,58,59). The summed E-state index contributed by atoms with van der Waals surface area (Å²) in [5, 5.41) is 47.4. The van der Waals surface area contributed by atoms with Gasteiger partial charge in [0.1, 0.15) is 32.2 Å². The summed E-state index contributed by atoms with van der Waals surface area (Å²) in [4.78, 5) is 10.3. The Morgan fingerprint density at radius 2 is 1.16 bits per heavy atom. The van der Waals surface area contributed by atoms with Gasteiger partial charge in [0, 0.05) is 11.1 Å². The molecule has 0 fully saturated rings. The smallest absolute Gasteiger partial charge is 0.296 e. The van der Waals surface area contributed by atoms with Crippen LogP contribution in [-0.4, -0.2) is 65.4 Å².